The molecule has 1 fully saturated rings. The second-order valence-corrected chi connectivity index (χ2v) is 7.50. The SMILES string of the molecule is CCC1CNC(CC)(CC)CN1CCCCCCC(C)C. The summed E-state index contributed by atoms with van der Waals surface area (Å²) < 4.78 is 0. The van der Waals surface area contributed by atoms with Gasteiger partial charge >= 0.3 is 0 Å². The summed E-state index contributed by atoms with van der Waals surface area (Å²) in [6.07, 6.45) is 10.8. The van der Waals surface area contributed by atoms with Gasteiger partial charge in [0.15, 0.2) is 0 Å². The zero-order valence-electron chi connectivity index (χ0n) is 15.4. The Morgan fingerprint density at radius 2 is 1.71 bits per heavy atom. The van der Waals surface area contributed by atoms with Crippen molar-refractivity contribution in [2.24, 2.45) is 5.92 Å². The molecule has 0 spiro atoms. The Morgan fingerprint density at radius 3 is 2.29 bits per heavy atom. The van der Waals surface area contributed by atoms with E-state index < -0.39 is 0 Å². The molecule has 0 bridgehead atoms. The van der Waals surface area contributed by atoms with Gasteiger partial charge in [0.1, 0.15) is 0 Å². The molecule has 0 aromatic carbocycles. The molecule has 2 nitrogen and oxygen atoms in total. The predicted molar refractivity (Wildman–Crippen MR) is 94.9 cm³/mol. The third-order valence-electron chi connectivity index (χ3n) is 5.54. The Kier molecular flexibility index (Phi) is 8.89. The number of unbranched alkanes of at least 4 members (excludes halogenated alkanes) is 3. The highest BCUT2D eigenvalue weighted by molar-refractivity contribution is 4.96. The number of nitrogens with one attached hydrogen (secondary N) is 1. The molecule has 1 atom stereocenters. The molecule has 0 aromatic heterocycles. The normalized spacial score (nSPS) is 22.9. The highest BCUT2D eigenvalue weighted by Crippen LogP contribution is 2.24. The number of piperazine rings is 1. The minimum atomic E-state index is 0.378. The summed E-state index contributed by atoms with van der Waals surface area (Å²) >= 11 is 0. The minimum Gasteiger partial charge on any atom is -0.308 e. The number of hydrogen-bond donors (Lipinski definition) is 1. The van der Waals surface area contributed by atoms with Crippen LogP contribution in [0.2, 0.25) is 0 Å². The van der Waals surface area contributed by atoms with Gasteiger partial charge in [-0.1, -0.05) is 60.3 Å². The van der Waals surface area contributed by atoms with Crippen LogP contribution in [0.1, 0.15) is 86.0 Å². The van der Waals surface area contributed by atoms with Crippen molar-refractivity contribution in [3.63, 3.8) is 0 Å². The van der Waals surface area contributed by atoms with Crippen LogP contribution in [-0.4, -0.2) is 36.1 Å². The van der Waals surface area contributed by atoms with Crippen molar-refractivity contribution in [3.05, 3.63) is 0 Å². The Labute approximate surface area is 134 Å². The summed E-state index contributed by atoms with van der Waals surface area (Å²) in [5, 5.41) is 3.84. The first-order valence-electron chi connectivity index (χ1n) is 9.56. The summed E-state index contributed by atoms with van der Waals surface area (Å²) in [4.78, 5) is 2.78. The molecule has 126 valence electrons. The molecule has 1 N–H and O–H groups in total. The highest BCUT2D eigenvalue weighted by atomic mass is 15.2. The van der Waals surface area contributed by atoms with Gasteiger partial charge < -0.3 is 5.32 Å². The number of hydrogen-bond acceptors (Lipinski definition) is 2. The predicted octanol–water partition coefficient (Wildman–Crippen LogP) is 4.84. The van der Waals surface area contributed by atoms with Gasteiger partial charge in [-0.05, 0) is 38.1 Å². The van der Waals surface area contributed by atoms with Crippen molar-refractivity contribution in [1.82, 2.24) is 10.2 Å². The third kappa shape index (κ3) is 6.28. The van der Waals surface area contributed by atoms with Gasteiger partial charge in [-0.2, -0.15) is 0 Å². The molecule has 1 unspecified atom stereocenters. The van der Waals surface area contributed by atoms with Gasteiger partial charge in [0.2, 0.25) is 0 Å². The van der Waals surface area contributed by atoms with E-state index in [1.54, 1.807) is 0 Å². The van der Waals surface area contributed by atoms with Crippen molar-refractivity contribution in [2.75, 3.05) is 19.6 Å². The number of nitrogens with zero attached hydrogens (tertiary/aromatic N) is 1. The lowest BCUT2D eigenvalue weighted by Crippen LogP contribution is -2.63. The van der Waals surface area contributed by atoms with Crippen molar-refractivity contribution in [3.8, 4) is 0 Å². The zero-order valence-corrected chi connectivity index (χ0v) is 15.4. The van der Waals surface area contributed by atoms with Crippen LogP contribution in [0.25, 0.3) is 0 Å². The molecular weight excluding hydrogens is 256 g/mol. The van der Waals surface area contributed by atoms with E-state index in [2.05, 4.69) is 44.8 Å². The maximum atomic E-state index is 3.84. The fourth-order valence-corrected chi connectivity index (χ4v) is 3.65. The summed E-state index contributed by atoms with van der Waals surface area (Å²) in [5.74, 6) is 0.873. The van der Waals surface area contributed by atoms with E-state index in [9.17, 15) is 0 Å². The van der Waals surface area contributed by atoms with E-state index >= 15 is 0 Å². The quantitative estimate of drug-likeness (QED) is 0.581. The van der Waals surface area contributed by atoms with E-state index in [1.165, 1.54) is 71.0 Å². The second kappa shape index (κ2) is 9.84. The first kappa shape index (κ1) is 19.0. The van der Waals surface area contributed by atoms with Crippen LogP contribution in [0.3, 0.4) is 0 Å². The number of rotatable bonds is 10. The van der Waals surface area contributed by atoms with E-state index in [0.717, 1.165) is 12.0 Å². The molecule has 0 radical (unpaired) electrons. The van der Waals surface area contributed by atoms with Crippen LogP contribution in [0, 0.1) is 5.92 Å². The maximum absolute atomic E-state index is 3.84. The summed E-state index contributed by atoms with van der Waals surface area (Å²) in [6.45, 7) is 15.4. The molecule has 0 amide bonds. The van der Waals surface area contributed by atoms with Crippen LogP contribution in [-0.2, 0) is 0 Å². The van der Waals surface area contributed by atoms with Gasteiger partial charge in [-0.3, -0.25) is 4.90 Å². The summed E-state index contributed by atoms with van der Waals surface area (Å²) in [6, 6.07) is 0.756. The smallest absolute Gasteiger partial charge is 0.0304 e. The Bertz CT molecular complexity index is 258. The lowest BCUT2D eigenvalue weighted by atomic mass is 9.88. The lowest BCUT2D eigenvalue weighted by Gasteiger charge is -2.47. The van der Waals surface area contributed by atoms with Crippen LogP contribution < -0.4 is 5.32 Å². The molecule has 0 aliphatic carbocycles. The van der Waals surface area contributed by atoms with E-state index in [1.807, 2.05) is 0 Å². The van der Waals surface area contributed by atoms with Gasteiger partial charge in [-0.15, -0.1) is 0 Å². The minimum absolute atomic E-state index is 0.378. The maximum Gasteiger partial charge on any atom is 0.0304 e. The fourth-order valence-electron chi connectivity index (χ4n) is 3.65. The average Bonchev–Trinajstić information content (AvgIpc) is 2.50. The molecular formula is C19H40N2. The van der Waals surface area contributed by atoms with Crippen LogP contribution in [0.15, 0.2) is 0 Å². The van der Waals surface area contributed by atoms with E-state index in [-0.39, 0.29) is 0 Å². The van der Waals surface area contributed by atoms with Crippen LogP contribution in [0.4, 0.5) is 0 Å². The van der Waals surface area contributed by atoms with Crippen molar-refractivity contribution in [1.29, 1.82) is 0 Å². The first-order chi connectivity index (χ1) is 10.1. The summed E-state index contributed by atoms with van der Waals surface area (Å²) in [7, 11) is 0. The molecule has 1 saturated heterocycles. The topological polar surface area (TPSA) is 15.3 Å². The fraction of sp³-hybridized carbons (Fsp3) is 1.00. The molecule has 1 heterocycles. The standard InChI is InChI=1S/C19H40N2/c1-6-18-15-20-19(7-2,8-3)16-21(18)14-12-10-9-11-13-17(4)5/h17-18,20H,6-16H2,1-5H3. The van der Waals surface area contributed by atoms with Gasteiger partial charge in [0, 0.05) is 24.7 Å². The van der Waals surface area contributed by atoms with Crippen molar-refractivity contribution >= 4 is 0 Å². The first-order valence-corrected chi connectivity index (χ1v) is 9.56. The van der Waals surface area contributed by atoms with Crippen LogP contribution in [0.5, 0.6) is 0 Å². The molecule has 2 heteroatoms. The zero-order chi connectivity index (χ0) is 15.7. The highest BCUT2D eigenvalue weighted by Gasteiger charge is 2.35. The van der Waals surface area contributed by atoms with Gasteiger partial charge in [0.25, 0.3) is 0 Å². The third-order valence-corrected chi connectivity index (χ3v) is 5.54. The van der Waals surface area contributed by atoms with Crippen molar-refractivity contribution in [2.45, 2.75) is 97.6 Å². The molecule has 1 aliphatic rings. The Hall–Kier alpha value is -0.0800. The molecule has 0 saturated carbocycles. The largest absolute Gasteiger partial charge is 0.308 e. The lowest BCUT2D eigenvalue weighted by molar-refractivity contribution is 0.0690. The Balaban J connectivity index is 2.32. The molecule has 0 aromatic rings. The van der Waals surface area contributed by atoms with Gasteiger partial charge in [-0.25, -0.2) is 0 Å². The molecule has 1 rings (SSSR count). The monoisotopic (exact) mass is 296 g/mol. The molecule has 21 heavy (non-hydrogen) atoms. The van der Waals surface area contributed by atoms with E-state index in [4.69, 9.17) is 0 Å². The Morgan fingerprint density at radius 1 is 1.05 bits per heavy atom. The van der Waals surface area contributed by atoms with Crippen molar-refractivity contribution < 1.29 is 0 Å². The van der Waals surface area contributed by atoms with E-state index in [0.29, 0.717) is 5.54 Å². The second-order valence-electron chi connectivity index (χ2n) is 7.50. The van der Waals surface area contributed by atoms with Gasteiger partial charge in [0.05, 0.1) is 0 Å². The summed E-state index contributed by atoms with van der Waals surface area (Å²) in [5.41, 5.74) is 0.378. The molecule has 1 aliphatic heterocycles. The van der Waals surface area contributed by atoms with Crippen LogP contribution >= 0.6 is 0 Å². The average molecular weight is 297 g/mol.